The molecule has 4 aromatic rings. The first kappa shape index (κ1) is 12.0. The van der Waals surface area contributed by atoms with E-state index in [9.17, 15) is 0 Å². The zero-order valence-corrected chi connectivity index (χ0v) is 17.6. The van der Waals surface area contributed by atoms with E-state index < -0.39 is 20.1 Å². The van der Waals surface area contributed by atoms with Crippen LogP contribution >= 0.6 is 11.3 Å². The number of rotatable bonds is 3. The molecule has 2 bridgehead atoms. The third-order valence-electron chi connectivity index (χ3n) is 7.06. The molecule has 3 saturated carbocycles. The Morgan fingerprint density at radius 1 is 1.07 bits per heavy atom. The van der Waals surface area contributed by atoms with Crippen LogP contribution in [0.4, 0.5) is 0 Å². The minimum atomic E-state index is -2.35. The van der Waals surface area contributed by atoms with Gasteiger partial charge in [-0.05, 0) is 92.0 Å². The summed E-state index contributed by atoms with van der Waals surface area (Å²) in [6.07, 6.45) is 5.72. The quantitative estimate of drug-likeness (QED) is 0.327. The van der Waals surface area contributed by atoms with E-state index in [1.54, 1.807) is 42.6 Å². The standard InChI is InChI=1S/C28H29NS/c1-17-3-9-24-26(13-17)30-28-23(10-4-18(2)27(24)28)25-16-20(11-12-29-25)15-22-14-19-5-7-21(22)8-6-19/h3-4,9-13,16,19,21-22H,5-8,14-15H2,1-2H3/i1D3,2D3,15D2. The second kappa shape index (κ2) is 7.20. The second-order valence-corrected chi connectivity index (χ2v) is 9.93. The lowest BCUT2D eigenvalue weighted by atomic mass is 9.63. The van der Waals surface area contributed by atoms with Crippen molar-refractivity contribution in [1.29, 1.82) is 0 Å². The molecule has 0 spiro atoms. The van der Waals surface area contributed by atoms with E-state index in [1.165, 1.54) is 24.2 Å². The third-order valence-corrected chi connectivity index (χ3v) is 8.24. The summed E-state index contributed by atoms with van der Waals surface area (Å²) < 4.78 is 67.5. The highest BCUT2D eigenvalue weighted by Gasteiger charge is 2.35. The average Bonchev–Trinajstić information content (AvgIpc) is 3.26. The molecule has 2 aromatic heterocycles. The van der Waals surface area contributed by atoms with E-state index in [1.807, 2.05) is 6.07 Å². The molecule has 0 radical (unpaired) electrons. The Bertz CT molecular complexity index is 1530. The van der Waals surface area contributed by atoms with E-state index in [4.69, 9.17) is 11.0 Å². The highest BCUT2D eigenvalue weighted by Crippen LogP contribution is 2.46. The van der Waals surface area contributed by atoms with Crippen molar-refractivity contribution >= 4 is 31.5 Å². The van der Waals surface area contributed by atoms with Crippen molar-refractivity contribution in [2.75, 3.05) is 0 Å². The SMILES string of the molecule is [2H]C([2H])([2H])c1ccc2c(c1)sc1c(-c3cc(C([2H])([2H])C4CC5CCC4CC5)ccn3)ccc(C([2H])([2H])[2H])c12. The molecule has 0 amide bonds. The number of aromatic nitrogens is 1. The maximum atomic E-state index is 9.14. The molecule has 2 heteroatoms. The van der Waals surface area contributed by atoms with Crippen molar-refractivity contribution < 1.29 is 11.0 Å². The monoisotopic (exact) mass is 419 g/mol. The van der Waals surface area contributed by atoms with E-state index in [2.05, 4.69) is 4.98 Å². The lowest BCUT2D eigenvalue weighted by Crippen LogP contribution is -2.32. The molecule has 7 rings (SSSR count). The Hall–Kier alpha value is -2.19. The number of thiophene rings is 1. The topological polar surface area (TPSA) is 12.9 Å². The van der Waals surface area contributed by atoms with Crippen molar-refractivity contribution in [3.05, 3.63) is 65.4 Å². The van der Waals surface area contributed by atoms with Gasteiger partial charge in [0.2, 0.25) is 0 Å². The number of pyridine rings is 1. The Kier molecular flexibility index (Phi) is 2.88. The van der Waals surface area contributed by atoms with E-state index >= 15 is 0 Å². The van der Waals surface area contributed by atoms with Gasteiger partial charge in [-0.15, -0.1) is 11.3 Å². The zero-order valence-electron chi connectivity index (χ0n) is 24.7. The van der Waals surface area contributed by atoms with Gasteiger partial charge in [0.15, 0.2) is 0 Å². The summed E-state index contributed by atoms with van der Waals surface area (Å²) in [5.74, 6) is 1.02. The summed E-state index contributed by atoms with van der Waals surface area (Å²) in [6.45, 7) is -4.61. The molecule has 0 aliphatic heterocycles. The number of aryl methyl sites for hydroxylation is 2. The van der Waals surface area contributed by atoms with Gasteiger partial charge in [-0.3, -0.25) is 4.98 Å². The van der Waals surface area contributed by atoms with Gasteiger partial charge in [0.25, 0.3) is 0 Å². The third kappa shape index (κ3) is 3.08. The number of hydrogen-bond donors (Lipinski definition) is 0. The molecule has 3 aliphatic rings. The van der Waals surface area contributed by atoms with Crippen LogP contribution in [0.2, 0.25) is 0 Å². The molecule has 2 aromatic carbocycles. The minimum absolute atomic E-state index is 0.00849. The van der Waals surface area contributed by atoms with Crippen LogP contribution in [-0.2, 0) is 6.37 Å². The van der Waals surface area contributed by atoms with Gasteiger partial charge >= 0.3 is 0 Å². The maximum absolute atomic E-state index is 9.14. The predicted octanol–water partition coefficient (Wildman–Crippen LogP) is 8.10. The van der Waals surface area contributed by atoms with Gasteiger partial charge < -0.3 is 0 Å². The van der Waals surface area contributed by atoms with E-state index in [0.29, 0.717) is 38.6 Å². The lowest BCUT2D eigenvalue weighted by Gasteiger charge is -2.42. The lowest BCUT2D eigenvalue weighted by molar-refractivity contribution is 0.0991. The fourth-order valence-electron chi connectivity index (χ4n) is 5.52. The van der Waals surface area contributed by atoms with Gasteiger partial charge in [-0.1, -0.05) is 37.1 Å². The molecule has 2 heterocycles. The molecule has 0 N–H and O–H groups in total. The summed E-state index contributed by atoms with van der Waals surface area (Å²) in [5.41, 5.74) is 2.36. The van der Waals surface area contributed by atoms with E-state index in [-0.39, 0.29) is 17.0 Å². The summed E-state index contributed by atoms with van der Waals surface area (Å²) >= 11 is 1.36. The van der Waals surface area contributed by atoms with Crippen LogP contribution < -0.4 is 0 Å². The highest BCUT2D eigenvalue weighted by atomic mass is 32.1. The Morgan fingerprint density at radius 3 is 2.80 bits per heavy atom. The van der Waals surface area contributed by atoms with Crippen LogP contribution in [0.15, 0.2) is 48.7 Å². The van der Waals surface area contributed by atoms with Crippen LogP contribution in [0.1, 0.15) is 59.8 Å². The molecule has 1 unspecified atom stereocenters. The molecule has 0 saturated heterocycles. The smallest absolute Gasteiger partial charge is 0.0719 e. The Morgan fingerprint density at radius 2 is 2.00 bits per heavy atom. The first-order valence-corrected chi connectivity index (χ1v) is 11.6. The Balaban J connectivity index is 1.51. The molecular weight excluding hydrogens is 382 g/mol. The van der Waals surface area contributed by atoms with Crippen LogP contribution in [0, 0.1) is 31.5 Å². The minimum Gasteiger partial charge on any atom is -0.256 e. The summed E-state index contributed by atoms with van der Waals surface area (Å²) in [5, 5.41) is 1.29. The largest absolute Gasteiger partial charge is 0.256 e. The first-order chi connectivity index (χ1) is 17.8. The van der Waals surface area contributed by atoms with Crippen LogP contribution in [0.3, 0.4) is 0 Å². The second-order valence-electron chi connectivity index (χ2n) is 8.87. The van der Waals surface area contributed by atoms with Gasteiger partial charge in [-0.2, -0.15) is 0 Å². The summed E-state index contributed by atoms with van der Waals surface area (Å²) in [7, 11) is 0. The fourth-order valence-corrected chi connectivity index (χ4v) is 6.81. The van der Waals surface area contributed by atoms with Crippen molar-refractivity contribution in [2.24, 2.45) is 17.8 Å². The van der Waals surface area contributed by atoms with Crippen LogP contribution in [-0.4, -0.2) is 4.98 Å². The summed E-state index contributed by atoms with van der Waals surface area (Å²) in [6, 6.07) is 11.8. The summed E-state index contributed by atoms with van der Waals surface area (Å²) in [4.78, 5) is 4.59. The van der Waals surface area contributed by atoms with Crippen molar-refractivity contribution in [3.8, 4) is 11.3 Å². The maximum Gasteiger partial charge on any atom is 0.0719 e. The first-order valence-electron chi connectivity index (χ1n) is 14.8. The van der Waals surface area contributed by atoms with Gasteiger partial charge in [0, 0.05) is 42.9 Å². The molecule has 1 atom stereocenters. The van der Waals surface area contributed by atoms with Crippen molar-refractivity contribution in [2.45, 2.75) is 52.2 Å². The molecule has 30 heavy (non-hydrogen) atoms. The zero-order chi connectivity index (χ0) is 27.0. The predicted molar refractivity (Wildman–Crippen MR) is 129 cm³/mol. The Labute approximate surface area is 194 Å². The van der Waals surface area contributed by atoms with E-state index in [0.717, 1.165) is 29.5 Å². The van der Waals surface area contributed by atoms with Crippen LogP contribution in [0.5, 0.6) is 0 Å². The van der Waals surface area contributed by atoms with Gasteiger partial charge in [-0.25, -0.2) is 0 Å². The van der Waals surface area contributed by atoms with Crippen molar-refractivity contribution in [1.82, 2.24) is 4.98 Å². The molecule has 3 fully saturated rings. The average molecular weight is 420 g/mol. The van der Waals surface area contributed by atoms with Crippen LogP contribution in [0.25, 0.3) is 31.4 Å². The van der Waals surface area contributed by atoms with Gasteiger partial charge in [0.05, 0.1) is 5.69 Å². The molecular formula is C28H29NS. The number of benzene rings is 2. The molecule has 152 valence electrons. The fraction of sp³-hybridized carbons (Fsp3) is 0.393. The molecule has 3 aliphatic carbocycles. The van der Waals surface area contributed by atoms with Gasteiger partial charge in [0.1, 0.15) is 0 Å². The normalized spacial score (nSPS) is 28.7. The number of fused-ring (bicyclic) bond motifs is 6. The molecule has 1 nitrogen and oxygen atoms in total. The number of hydrogen-bond acceptors (Lipinski definition) is 2. The number of nitrogens with zero attached hydrogens (tertiary/aromatic N) is 1. The highest BCUT2D eigenvalue weighted by molar-refractivity contribution is 7.26. The van der Waals surface area contributed by atoms with Crippen molar-refractivity contribution in [3.63, 3.8) is 0 Å².